The molecule has 2 aliphatic rings. The number of amides is 1. The van der Waals surface area contributed by atoms with Crippen LogP contribution >= 0.6 is 0 Å². The van der Waals surface area contributed by atoms with Crippen molar-refractivity contribution in [1.29, 1.82) is 0 Å². The zero-order valence-electron chi connectivity index (χ0n) is 15.6. The molecular weight excluding hydrogens is 361 g/mol. The molecule has 1 fully saturated rings. The van der Waals surface area contributed by atoms with Crippen LogP contribution in [0.1, 0.15) is 24.1 Å². The van der Waals surface area contributed by atoms with E-state index in [2.05, 4.69) is 15.8 Å². The van der Waals surface area contributed by atoms with Crippen LogP contribution in [-0.4, -0.2) is 47.0 Å². The third-order valence-electron chi connectivity index (χ3n) is 4.96. The third kappa shape index (κ3) is 4.02. The predicted octanol–water partition coefficient (Wildman–Crippen LogP) is 2.24. The van der Waals surface area contributed by atoms with Gasteiger partial charge in [-0.05, 0) is 36.8 Å². The summed E-state index contributed by atoms with van der Waals surface area (Å²) in [6.45, 7) is 3.32. The second kappa shape index (κ2) is 7.65. The van der Waals surface area contributed by atoms with E-state index in [1.165, 1.54) is 6.07 Å². The number of halogens is 1. The second-order valence-corrected chi connectivity index (χ2v) is 7.13. The number of amidine groups is 1. The average Bonchev–Trinajstić information content (AvgIpc) is 3.11. The van der Waals surface area contributed by atoms with Gasteiger partial charge < -0.3 is 5.32 Å². The fourth-order valence-electron chi connectivity index (χ4n) is 3.39. The number of nitrogens with one attached hydrogen (secondary N) is 2. The van der Waals surface area contributed by atoms with Crippen molar-refractivity contribution in [2.75, 3.05) is 25.0 Å². The number of nitrogens with zero attached hydrogens (tertiary/aromatic N) is 3. The Morgan fingerprint density at radius 1 is 1.32 bits per heavy atom. The van der Waals surface area contributed by atoms with Gasteiger partial charge in [0.15, 0.2) is 11.6 Å². The summed E-state index contributed by atoms with van der Waals surface area (Å²) in [5.74, 6) is -0.0313. The zero-order valence-corrected chi connectivity index (χ0v) is 15.6. The Hall–Kier alpha value is -2.84. The Balaban J connectivity index is 1.32. The molecule has 1 saturated heterocycles. The lowest BCUT2D eigenvalue weighted by Crippen LogP contribution is -2.46. The van der Waals surface area contributed by atoms with E-state index in [9.17, 15) is 9.18 Å². The van der Waals surface area contributed by atoms with Gasteiger partial charge in [-0.15, -0.1) is 0 Å². The third-order valence-corrected chi connectivity index (χ3v) is 4.96. The summed E-state index contributed by atoms with van der Waals surface area (Å²) in [5.41, 5.74) is 4.01. The van der Waals surface area contributed by atoms with Gasteiger partial charge in [0.2, 0.25) is 5.91 Å². The SMILES string of the molecule is Cc1ccc(NC(=O)CN2CCC3(CC2)N=C(c2ccccn2)NO3)c(F)c1. The number of likely N-dealkylation sites (tertiary alicyclic amines) is 1. The van der Waals surface area contributed by atoms with E-state index in [1.54, 1.807) is 25.3 Å². The number of hydrogen-bond acceptors (Lipinski definition) is 6. The Morgan fingerprint density at radius 3 is 2.86 bits per heavy atom. The van der Waals surface area contributed by atoms with Crippen LogP contribution in [0.5, 0.6) is 0 Å². The lowest BCUT2D eigenvalue weighted by atomic mass is 10.0. The standard InChI is InChI=1S/C20H22FN5O2/c1-14-5-6-16(15(21)12-14)23-18(27)13-26-10-7-20(8-11-26)24-19(25-28-20)17-4-2-3-9-22-17/h2-6,9,12H,7-8,10-11,13H2,1H3,(H,23,27)(H,24,25). The Labute approximate surface area is 162 Å². The van der Waals surface area contributed by atoms with Crippen molar-refractivity contribution in [2.24, 2.45) is 4.99 Å². The Bertz CT molecular complexity index is 895. The van der Waals surface area contributed by atoms with Crippen molar-refractivity contribution in [2.45, 2.75) is 25.5 Å². The summed E-state index contributed by atoms with van der Waals surface area (Å²) >= 11 is 0. The van der Waals surface area contributed by atoms with Crippen molar-refractivity contribution in [1.82, 2.24) is 15.4 Å². The van der Waals surface area contributed by atoms with Gasteiger partial charge in [-0.3, -0.25) is 14.7 Å². The number of piperidine rings is 1. The minimum absolute atomic E-state index is 0.202. The molecule has 1 amide bonds. The van der Waals surface area contributed by atoms with Crippen LogP contribution in [0, 0.1) is 12.7 Å². The van der Waals surface area contributed by atoms with Crippen LogP contribution in [0.3, 0.4) is 0 Å². The van der Waals surface area contributed by atoms with E-state index < -0.39 is 11.5 Å². The number of pyridine rings is 1. The first kappa shape index (κ1) is 18.5. The number of benzene rings is 1. The van der Waals surface area contributed by atoms with E-state index >= 15 is 0 Å². The number of carbonyl (C=O) groups excluding carboxylic acids is 1. The smallest absolute Gasteiger partial charge is 0.238 e. The molecule has 0 unspecified atom stereocenters. The van der Waals surface area contributed by atoms with Crippen molar-refractivity contribution < 1.29 is 14.0 Å². The summed E-state index contributed by atoms with van der Waals surface area (Å²) in [6.07, 6.45) is 3.02. The molecule has 0 atom stereocenters. The molecule has 0 aliphatic carbocycles. The maximum absolute atomic E-state index is 13.9. The molecule has 1 aromatic heterocycles. The molecule has 4 rings (SSSR count). The molecule has 0 radical (unpaired) electrons. The highest BCUT2D eigenvalue weighted by Crippen LogP contribution is 2.30. The summed E-state index contributed by atoms with van der Waals surface area (Å²) in [4.78, 5) is 29.0. The molecule has 7 nitrogen and oxygen atoms in total. The monoisotopic (exact) mass is 383 g/mol. The van der Waals surface area contributed by atoms with Crippen LogP contribution in [0.2, 0.25) is 0 Å². The lowest BCUT2D eigenvalue weighted by Gasteiger charge is -2.35. The molecule has 2 N–H and O–H groups in total. The largest absolute Gasteiger partial charge is 0.322 e. The van der Waals surface area contributed by atoms with E-state index in [0.29, 0.717) is 31.8 Å². The van der Waals surface area contributed by atoms with Crippen molar-refractivity contribution in [3.63, 3.8) is 0 Å². The van der Waals surface area contributed by atoms with Gasteiger partial charge >= 0.3 is 0 Å². The van der Waals surface area contributed by atoms with Gasteiger partial charge in [-0.2, -0.15) is 0 Å². The Kier molecular flexibility index (Phi) is 5.06. The summed E-state index contributed by atoms with van der Waals surface area (Å²) in [6, 6.07) is 10.4. The summed E-state index contributed by atoms with van der Waals surface area (Å²) in [5, 5.41) is 2.64. The maximum atomic E-state index is 13.9. The number of aromatic nitrogens is 1. The highest BCUT2D eigenvalue weighted by atomic mass is 19.1. The minimum Gasteiger partial charge on any atom is -0.322 e. The fourth-order valence-corrected chi connectivity index (χ4v) is 3.39. The lowest BCUT2D eigenvalue weighted by molar-refractivity contribution is -0.120. The number of hydroxylamine groups is 1. The topological polar surface area (TPSA) is 78.9 Å². The molecule has 2 aromatic rings. The first-order valence-electron chi connectivity index (χ1n) is 9.27. The number of anilines is 1. The van der Waals surface area contributed by atoms with E-state index in [4.69, 9.17) is 9.83 Å². The summed E-state index contributed by atoms with van der Waals surface area (Å²) in [7, 11) is 0. The minimum atomic E-state index is -0.622. The van der Waals surface area contributed by atoms with Crippen molar-refractivity contribution in [3.05, 3.63) is 59.7 Å². The number of rotatable bonds is 4. The van der Waals surface area contributed by atoms with Crippen molar-refractivity contribution in [3.8, 4) is 0 Å². The molecule has 0 bridgehead atoms. The molecule has 2 aliphatic heterocycles. The number of carbonyl (C=O) groups is 1. The number of aryl methyl sites for hydroxylation is 1. The van der Waals surface area contributed by atoms with Gasteiger partial charge in [0.25, 0.3) is 0 Å². The summed E-state index contributed by atoms with van der Waals surface area (Å²) < 4.78 is 13.9. The van der Waals surface area contributed by atoms with Gasteiger partial charge in [0, 0.05) is 32.1 Å². The Morgan fingerprint density at radius 2 is 2.14 bits per heavy atom. The van der Waals surface area contributed by atoms with Crippen LogP contribution in [0.25, 0.3) is 0 Å². The van der Waals surface area contributed by atoms with Gasteiger partial charge in [0.05, 0.1) is 12.2 Å². The first-order chi connectivity index (χ1) is 13.5. The van der Waals surface area contributed by atoms with E-state index in [-0.39, 0.29) is 18.1 Å². The normalized spacial score (nSPS) is 18.6. The van der Waals surface area contributed by atoms with Gasteiger partial charge in [-0.25, -0.2) is 19.7 Å². The molecule has 8 heteroatoms. The highest BCUT2D eigenvalue weighted by Gasteiger charge is 2.40. The molecule has 1 spiro atoms. The quantitative estimate of drug-likeness (QED) is 0.847. The number of aliphatic imine (C=N–C) groups is 1. The van der Waals surface area contributed by atoms with Crippen LogP contribution in [0.15, 0.2) is 47.6 Å². The molecular formula is C20H22FN5O2. The first-order valence-corrected chi connectivity index (χ1v) is 9.27. The zero-order chi connectivity index (χ0) is 19.6. The van der Waals surface area contributed by atoms with Crippen LogP contribution < -0.4 is 10.8 Å². The number of hydrogen-bond donors (Lipinski definition) is 2. The van der Waals surface area contributed by atoms with Crippen molar-refractivity contribution >= 4 is 17.4 Å². The molecule has 1 aromatic carbocycles. The van der Waals surface area contributed by atoms with E-state index in [0.717, 1.165) is 11.3 Å². The van der Waals surface area contributed by atoms with Gasteiger partial charge in [-0.1, -0.05) is 12.1 Å². The maximum Gasteiger partial charge on any atom is 0.238 e. The molecule has 0 saturated carbocycles. The highest BCUT2D eigenvalue weighted by molar-refractivity contribution is 5.97. The second-order valence-electron chi connectivity index (χ2n) is 7.13. The fraction of sp³-hybridized carbons (Fsp3) is 0.350. The molecule has 3 heterocycles. The molecule has 146 valence electrons. The van der Waals surface area contributed by atoms with E-state index in [1.807, 2.05) is 23.1 Å². The predicted molar refractivity (Wildman–Crippen MR) is 103 cm³/mol. The molecule has 28 heavy (non-hydrogen) atoms. The average molecular weight is 383 g/mol. The van der Waals surface area contributed by atoms with Crippen LogP contribution in [-0.2, 0) is 9.63 Å². The van der Waals surface area contributed by atoms with Gasteiger partial charge in [0.1, 0.15) is 11.5 Å². The van der Waals surface area contributed by atoms with Crippen LogP contribution in [0.4, 0.5) is 10.1 Å².